The van der Waals surface area contributed by atoms with E-state index in [1.165, 1.54) is 21.6 Å². The molecule has 0 unspecified atom stereocenters. The van der Waals surface area contributed by atoms with Gasteiger partial charge in [-0.3, -0.25) is 0 Å². The second-order valence-electron chi connectivity index (χ2n) is 5.19. The number of rotatable bonds is 3. The number of benzene rings is 1. The zero-order chi connectivity index (χ0) is 14.1. The van der Waals surface area contributed by atoms with Crippen LogP contribution in [0.15, 0.2) is 47.6 Å². The Balaban J connectivity index is 1.79. The van der Waals surface area contributed by atoms with E-state index in [-0.39, 0.29) is 0 Å². The van der Waals surface area contributed by atoms with Crippen LogP contribution in [0.2, 0.25) is 0 Å². The Bertz CT molecular complexity index is 759. The SMILES string of the molecule is Cc1ccc(SCc2cn3cccc(C)c3n2)cc1C. The van der Waals surface area contributed by atoms with Crippen molar-refractivity contribution in [3.8, 4) is 0 Å². The van der Waals surface area contributed by atoms with Crippen molar-refractivity contribution < 1.29 is 0 Å². The van der Waals surface area contributed by atoms with Crippen LogP contribution in [-0.2, 0) is 5.75 Å². The van der Waals surface area contributed by atoms with Crippen molar-refractivity contribution in [2.75, 3.05) is 0 Å². The number of imidazole rings is 1. The van der Waals surface area contributed by atoms with Gasteiger partial charge in [0.25, 0.3) is 0 Å². The summed E-state index contributed by atoms with van der Waals surface area (Å²) in [6, 6.07) is 10.8. The third-order valence-corrected chi connectivity index (χ3v) is 4.62. The summed E-state index contributed by atoms with van der Waals surface area (Å²) in [5.41, 5.74) is 6.10. The van der Waals surface area contributed by atoms with E-state index in [0.717, 1.165) is 17.1 Å². The molecule has 0 N–H and O–H groups in total. The van der Waals surface area contributed by atoms with Crippen LogP contribution in [0.25, 0.3) is 5.65 Å². The van der Waals surface area contributed by atoms with Gasteiger partial charge >= 0.3 is 0 Å². The maximum absolute atomic E-state index is 4.71. The predicted octanol–water partition coefficient (Wildman–Crippen LogP) is 4.55. The minimum atomic E-state index is 0.906. The van der Waals surface area contributed by atoms with Gasteiger partial charge in [-0.2, -0.15) is 0 Å². The molecule has 102 valence electrons. The molecule has 0 radical (unpaired) electrons. The van der Waals surface area contributed by atoms with Gasteiger partial charge in [0.1, 0.15) is 5.65 Å². The average molecular weight is 282 g/mol. The zero-order valence-electron chi connectivity index (χ0n) is 12.1. The Kier molecular flexibility index (Phi) is 3.53. The average Bonchev–Trinajstić information content (AvgIpc) is 2.85. The number of nitrogens with zero attached hydrogens (tertiary/aromatic N) is 2. The quantitative estimate of drug-likeness (QED) is 0.656. The van der Waals surface area contributed by atoms with Gasteiger partial charge in [0, 0.05) is 23.0 Å². The number of aryl methyl sites for hydroxylation is 3. The van der Waals surface area contributed by atoms with E-state index in [1.807, 2.05) is 11.8 Å². The number of fused-ring (bicyclic) bond motifs is 1. The molecule has 1 aromatic carbocycles. The third-order valence-electron chi connectivity index (χ3n) is 3.59. The number of thioether (sulfide) groups is 1. The van der Waals surface area contributed by atoms with Crippen molar-refractivity contribution in [1.82, 2.24) is 9.38 Å². The monoisotopic (exact) mass is 282 g/mol. The van der Waals surface area contributed by atoms with Crippen molar-refractivity contribution in [3.63, 3.8) is 0 Å². The van der Waals surface area contributed by atoms with E-state index in [9.17, 15) is 0 Å². The highest BCUT2D eigenvalue weighted by Gasteiger charge is 2.05. The lowest BCUT2D eigenvalue weighted by Gasteiger charge is -2.03. The smallest absolute Gasteiger partial charge is 0.139 e. The molecule has 3 aromatic rings. The largest absolute Gasteiger partial charge is 0.307 e. The Morgan fingerprint density at radius 3 is 2.65 bits per heavy atom. The van der Waals surface area contributed by atoms with Crippen molar-refractivity contribution in [3.05, 3.63) is 65.1 Å². The topological polar surface area (TPSA) is 17.3 Å². The van der Waals surface area contributed by atoms with Gasteiger partial charge in [-0.15, -0.1) is 11.8 Å². The van der Waals surface area contributed by atoms with E-state index in [1.54, 1.807) is 0 Å². The molecule has 0 spiro atoms. The summed E-state index contributed by atoms with van der Waals surface area (Å²) in [5, 5.41) is 0. The van der Waals surface area contributed by atoms with Gasteiger partial charge in [-0.25, -0.2) is 4.98 Å². The minimum Gasteiger partial charge on any atom is -0.307 e. The van der Waals surface area contributed by atoms with Crippen molar-refractivity contribution >= 4 is 17.4 Å². The molecule has 0 aliphatic carbocycles. The molecule has 0 saturated carbocycles. The molecule has 3 heteroatoms. The van der Waals surface area contributed by atoms with Crippen molar-refractivity contribution in [1.29, 1.82) is 0 Å². The van der Waals surface area contributed by atoms with Crippen LogP contribution in [0.4, 0.5) is 0 Å². The third kappa shape index (κ3) is 2.59. The predicted molar refractivity (Wildman–Crippen MR) is 85.4 cm³/mol. The fourth-order valence-electron chi connectivity index (χ4n) is 2.23. The first-order valence-corrected chi connectivity index (χ1v) is 7.75. The number of pyridine rings is 1. The maximum Gasteiger partial charge on any atom is 0.139 e. The molecule has 0 fully saturated rings. The summed E-state index contributed by atoms with van der Waals surface area (Å²) in [4.78, 5) is 6.02. The molecule has 0 amide bonds. The van der Waals surface area contributed by atoms with Crippen molar-refractivity contribution in [2.24, 2.45) is 0 Å². The highest BCUT2D eigenvalue weighted by Crippen LogP contribution is 2.25. The van der Waals surface area contributed by atoms with Gasteiger partial charge in [-0.05, 0) is 55.7 Å². The first kappa shape index (κ1) is 13.3. The Morgan fingerprint density at radius 1 is 1.05 bits per heavy atom. The minimum absolute atomic E-state index is 0.906. The van der Waals surface area contributed by atoms with Crippen LogP contribution >= 0.6 is 11.8 Å². The molecular formula is C17H18N2S. The van der Waals surface area contributed by atoms with E-state index in [4.69, 9.17) is 4.98 Å². The van der Waals surface area contributed by atoms with E-state index < -0.39 is 0 Å². The molecule has 3 rings (SSSR count). The standard InChI is InChI=1S/C17H18N2S/c1-12-6-7-16(9-14(12)3)20-11-15-10-19-8-4-5-13(2)17(19)18-15/h4-10H,11H2,1-3H3. The number of hydrogen-bond donors (Lipinski definition) is 0. The molecule has 2 aromatic heterocycles. The zero-order valence-corrected chi connectivity index (χ0v) is 12.9. The highest BCUT2D eigenvalue weighted by atomic mass is 32.2. The molecule has 2 heterocycles. The van der Waals surface area contributed by atoms with Crippen LogP contribution in [-0.4, -0.2) is 9.38 Å². The van der Waals surface area contributed by atoms with Gasteiger partial charge < -0.3 is 4.40 Å². The summed E-state index contributed by atoms with van der Waals surface area (Å²) in [5.74, 6) is 0.906. The Labute approximate surface area is 123 Å². The van der Waals surface area contributed by atoms with E-state index >= 15 is 0 Å². The second kappa shape index (κ2) is 5.33. The fourth-order valence-corrected chi connectivity index (χ4v) is 3.11. The van der Waals surface area contributed by atoms with Crippen LogP contribution in [0.1, 0.15) is 22.4 Å². The fraction of sp³-hybridized carbons (Fsp3) is 0.235. The highest BCUT2D eigenvalue weighted by molar-refractivity contribution is 7.98. The maximum atomic E-state index is 4.71. The first-order chi connectivity index (χ1) is 9.63. The molecule has 2 nitrogen and oxygen atoms in total. The van der Waals surface area contributed by atoms with Gasteiger partial charge in [0.15, 0.2) is 0 Å². The molecule has 0 bridgehead atoms. The molecule has 0 saturated heterocycles. The van der Waals surface area contributed by atoms with Crippen molar-refractivity contribution in [2.45, 2.75) is 31.4 Å². The molecule has 0 atom stereocenters. The van der Waals surface area contributed by atoms with Gasteiger partial charge in [-0.1, -0.05) is 12.1 Å². The summed E-state index contributed by atoms with van der Waals surface area (Å²) in [6.45, 7) is 6.41. The van der Waals surface area contributed by atoms with Crippen LogP contribution in [0.5, 0.6) is 0 Å². The molecule has 0 aliphatic rings. The molecular weight excluding hydrogens is 264 g/mol. The Hall–Kier alpha value is -1.74. The van der Waals surface area contributed by atoms with Crippen LogP contribution in [0, 0.1) is 20.8 Å². The lowest BCUT2D eigenvalue weighted by Crippen LogP contribution is -1.84. The number of hydrogen-bond acceptors (Lipinski definition) is 2. The van der Waals surface area contributed by atoms with E-state index in [0.29, 0.717) is 0 Å². The summed E-state index contributed by atoms with van der Waals surface area (Å²) in [6.07, 6.45) is 4.18. The first-order valence-electron chi connectivity index (χ1n) is 6.77. The van der Waals surface area contributed by atoms with Gasteiger partial charge in [0.2, 0.25) is 0 Å². The van der Waals surface area contributed by atoms with Crippen LogP contribution < -0.4 is 0 Å². The lowest BCUT2D eigenvalue weighted by atomic mass is 10.1. The van der Waals surface area contributed by atoms with Crippen LogP contribution in [0.3, 0.4) is 0 Å². The van der Waals surface area contributed by atoms with E-state index in [2.05, 4.69) is 67.9 Å². The Morgan fingerprint density at radius 2 is 1.90 bits per heavy atom. The summed E-state index contributed by atoms with van der Waals surface area (Å²) >= 11 is 1.84. The summed E-state index contributed by atoms with van der Waals surface area (Å²) in [7, 11) is 0. The summed E-state index contributed by atoms with van der Waals surface area (Å²) < 4.78 is 2.10. The molecule has 0 aliphatic heterocycles. The number of aromatic nitrogens is 2. The normalized spacial score (nSPS) is 11.2. The van der Waals surface area contributed by atoms with Gasteiger partial charge in [0.05, 0.1) is 5.69 Å². The lowest BCUT2D eigenvalue weighted by molar-refractivity contribution is 1.16. The molecule has 20 heavy (non-hydrogen) atoms. The second-order valence-corrected chi connectivity index (χ2v) is 6.24.